The molecule has 3 aromatic rings. The third-order valence-electron chi connectivity index (χ3n) is 5.25. The van der Waals surface area contributed by atoms with Gasteiger partial charge in [-0.2, -0.15) is 0 Å². The lowest BCUT2D eigenvalue weighted by atomic mass is 10.1. The Morgan fingerprint density at radius 2 is 1.06 bits per heavy atom. The van der Waals surface area contributed by atoms with Gasteiger partial charge >= 0.3 is 0 Å². The van der Waals surface area contributed by atoms with Crippen LogP contribution in [0.4, 0.5) is 0 Å². The summed E-state index contributed by atoms with van der Waals surface area (Å²) in [6.45, 7) is 1.55. The van der Waals surface area contributed by atoms with Gasteiger partial charge in [-0.25, -0.2) is 0 Å². The van der Waals surface area contributed by atoms with Crippen LogP contribution in [0.3, 0.4) is 0 Å². The average Bonchev–Trinajstić information content (AvgIpc) is 3.12. The molecule has 0 radical (unpaired) electrons. The fourth-order valence-electron chi connectivity index (χ4n) is 3.62. The molecule has 31 heavy (non-hydrogen) atoms. The van der Waals surface area contributed by atoms with E-state index in [2.05, 4.69) is 0 Å². The summed E-state index contributed by atoms with van der Waals surface area (Å²) in [7, 11) is 0. The first-order valence-electron chi connectivity index (χ1n) is 10.6. The fraction of sp³-hybridized carbons (Fsp3) is 0.308. The zero-order chi connectivity index (χ0) is 21.3. The van der Waals surface area contributed by atoms with Gasteiger partial charge in [-0.05, 0) is 16.7 Å². The minimum atomic E-state index is -1.07. The Labute approximate surface area is 183 Å². The molecule has 1 aliphatic rings. The molecule has 4 atom stereocenters. The van der Waals surface area contributed by atoms with Crippen LogP contribution >= 0.6 is 0 Å². The van der Waals surface area contributed by atoms with Gasteiger partial charge in [-0.3, -0.25) is 0 Å². The Morgan fingerprint density at radius 1 is 0.613 bits per heavy atom. The van der Waals surface area contributed by atoms with Crippen LogP contribution in [0.25, 0.3) is 0 Å². The van der Waals surface area contributed by atoms with Gasteiger partial charge < -0.3 is 24.1 Å². The maximum atomic E-state index is 10.5. The zero-order valence-electron chi connectivity index (χ0n) is 17.4. The molecular weight excluding hydrogens is 392 g/mol. The van der Waals surface area contributed by atoms with Crippen molar-refractivity contribution in [3.05, 3.63) is 108 Å². The third kappa shape index (κ3) is 6.23. The van der Waals surface area contributed by atoms with Crippen molar-refractivity contribution in [1.82, 2.24) is 0 Å². The van der Waals surface area contributed by atoms with Crippen molar-refractivity contribution in [3.8, 4) is 0 Å². The first kappa shape index (κ1) is 21.7. The summed E-state index contributed by atoms with van der Waals surface area (Å²) in [5, 5.41) is 10.5. The van der Waals surface area contributed by atoms with E-state index in [-0.39, 0.29) is 0 Å². The molecule has 5 heteroatoms. The van der Waals surface area contributed by atoms with E-state index < -0.39 is 24.6 Å². The third-order valence-corrected chi connectivity index (χ3v) is 5.25. The smallest absolute Gasteiger partial charge is 0.184 e. The molecule has 162 valence electrons. The summed E-state index contributed by atoms with van der Waals surface area (Å²) in [4.78, 5) is 0. The van der Waals surface area contributed by atoms with Crippen LogP contribution < -0.4 is 0 Å². The molecule has 1 fully saturated rings. The molecule has 5 nitrogen and oxygen atoms in total. The quantitative estimate of drug-likeness (QED) is 0.535. The average molecular weight is 421 g/mol. The second-order valence-corrected chi connectivity index (χ2v) is 7.59. The number of benzene rings is 3. The van der Waals surface area contributed by atoms with Crippen LogP contribution in [0, 0.1) is 0 Å². The Morgan fingerprint density at radius 3 is 1.58 bits per heavy atom. The Hall–Kier alpha value is -2.54. The van der Waals surface area contributed by atoms with E-state index in [1.165, 1.54) is 0 Å². The van der Waals surface area contributed by atoms with Crippen molar-refractivity contribution < 1.29 is 24.1 Å². The molecule has 0 unspecified atom stereocenters. The highest BCUT2D eigenvalue weighted by atomic mass is 16.7. The van der Waals surface area contributed by atoms with Crippen LogP contribution in [0.2, 0.25) is 0 Å². The molecule has 0 bridgehead atoms. The van der Waals surface area contributed by atoms with E-state index in [1.54, 1.807) is 0 Å². The molecule has 4 rings (SSSR count). The molecule has 0 aliphatic carbocycles. The Kier molecular flexibility index (Phi) is 7.82. The molecule has 0 aromatic heterocycles. The van der Waals surface area contributed by atoms with Crippen molar-refractivity contribution in [3.63, 3.8) is 0 Å². The lowest BCUT2D eigenvalue weighted by molar-refractivity contribution is -0.153. The number of hydrogen-bond acceptors (Lipinski definition) is 5. The first-order chi connectivity index (χ1) is 15.3. The molecule has 1 N–H and O–H groups in total. The van der Waals surface area contributed by atoms with Gasteiger partial charge in [0.25, 0.3) is 0 Å². The number of aliphatic hydroxyl groups is 1. The molecule has 0 amide bonds. The van der Waals surface area contributed by atoms with Gasteiger partial charge in [0.1, 0.15) is 18.3 Å². The molecule has 1 aliphatic heterocycles. The Balaban J connectivity index is 1.39. The van der Waals surface area contributed by atoms with Gasteiger partial charge in [-0.15, -0.1) is 0 Å². The van der Waals surface area contributed by atoms with Crippen molar-refractivity contribution in [2.75, 3.05) is 6.61 Å². The van der Waals surface area contributed by atoms with Crippen LogP contribution in [0.1, 0.15) is 16.7 Å². The van der Waals surface area contributed by atoms with E-state index in [4.69, 9.17) is 18.9 Å². The maximum Gasteiger partial charge on any atom is 0.184 e. The van der Waals surface area contributed by atoms with E-state index in [1.807, 2.05) is 91.0 Å². The number of ether oxygens (including phenoxy) is 4. The maximum absolute atomic E-state index is 10.5. The topological polar surface area (TPSA) is 57.2 Å². The summed E-state index contributed by atoms with van der Waals surface area (Å²) in [6, 6.07) is 29.8. The predicted octanol–water partition coefficient (Wildman–Crippen LogP) is 4.09. The molecular formula is C26H28O5. The van der Waals surface area contributed by atoms with Crippen molar-refractivity contribution in [2.45, 2.75) is 44.4 Å². The van der Waals surface area contributed by atoms with Crippen molar-refractivity contribution >= 4 is 0 Å². The van der Waals surface area contributed by atoms with Crippen molar-refractivity contribution in [1.29, 1.82) is 0 Å². The summed E-state index contributed by atoms with van der Waals surface area (Å²) in [5.74, 6) is 0. The number of hydrogen-bond donors (Lipinski definition) is 1. The van der Waals surface area contributed by atoms with E-state index in [0.29, 0.717) is 26.4 Å². The van der Waals surface area contributed by atoms with E-state index in [9.17, 15) is 5.11 Å². The summed E-state index contributed by atoms with van der Waals surface area (Å²) in [6.07, 6.45) is -2.55. The fourth-order valence-corrected chi connectivity index (χ4v) is 3.62. The minimum absolute atomic E-state index is 0.302. The lowest BCUT2D eigenvalue weighted by Crippen LogP contribution is -2.39. The second-order valence-electron chi connectivity index (χ2n) is 7.59. The standard InChI is InChI=1S/C26H28O5/c27-26-25(30-18-22-14-8-3-9-15-22)24(29-17-21-12-6-2-7-13-21)23(31-26)19-28-16-20-10-4-1-5-11-20/h1-15,23-27H,16-19H2/t23-,24-,25+,26+/m1/s1. The highest BCUT2D eigenvalue weighted by Crippen LogP contribution is 2.28. The predicted molar refractivity (Wildman–Crippen MR) is 117 cm³/mol. The zero-order valence-corrected chi connectivity index (χ0v) is 17.4. The Bertz CT molecular complexity index is 887. The SMILES string of the molecule is O[C@H]1O[C@H](COCc2ccccc2)[C@@H](OCc2ccccc2)[C@@H]1OCc1ccccc1. The largest absolute Gasteiger partial charge is 0.374 e. The molecule has 1 heterocycles. The minimum Gasteiger partial charge on any atom is -0.374 e. The summed E-state index contributed by atoms with van der Waals surface area (Å²) < 4.78 is 23.9. The number of aliphatic hydroxyl groups excluding tert-OH is 1. The molecule has 1 saturated heterocycles. The first-order valence-corrected chi connectivity index (χ1v) is 10.6. The van der Waals surface area contributed by atoms with E-state index >= 15 is 0 Å². The summed E-state index contributed by atoms with van der Waals surface area (Å²) in [5.41, 5.74) is 3.16. The van der Waals surface area contributed by atoms with Crippen LogP contribution in [0.15, 0.2) is 91.0 Å². The van der Waals surface area contributed by atoms with Crippen LogP contribution in [-0.4, -0.2) is 36.3 Å². The van der Waals surface area contributed by atoms with Crippen LogP contribution in [0.5, 0.6) is 0 Å². The molecule has 3 aromatic carbocycles. The highest BCUT2D eigenvalue weighted by Gasteiger charge is 2.45. The van der Waals surface area contributed by atoms with Crippen molar-refractivity contribution in [2.24, 2.45) is 0 Å². The van der Waals surface area contributed by atoms with Gasteiger partial charge in [0.05, 0.1) is 26.4 Å². The summed E-state index contributed by atoms with van der Waals surface area (Å²) >= 11 is 0. The lowest BCUT2D eigenvalue weighted by Gasteiger charge is -2.24. The normalized spacial score (nSPS) is 23.1. The van der Waals surface area contributed by atoms with Gasteiger partial charge in [0.2, 0.25) is 0 Å². The highest BCUT2D eigenvalue weighted by molar-refractivity contribution is 5.15. The second kappa shape index (κ2) is 11.2. The van der Waals surface area contributed by atoms with Gasteiger partial charge in [-0.1, -0.05) is 91.0 Å². The molecule has 0 saturated carbocycles. The monoisotopic (exact) mass is 420 g/mol. The van der Waals surface area contributed by atoms with Gasteiger partial charge in [0, 0.05) is 0 Å². The number of rotatable bonds is 10. The van der Waals surface area contributed by atoms with E-state index in [0.717, 1.165) is 16.7 Å². The van der Waals surface area contributed by atoms with Gasteiger partial charge in [0.15, 0.2) is 6.29 Å². The molecule has 0 spiro atoms. The van der Waals surface area contributed by atoms with Crippen LogP contribution in [-0.2, 0) is 38.8 Å².